The minimum Gasteiger partial charge on any atom is -1.00 e. The summed E-state index contributed by atoms with van der Waals surface area (Å²) in [5, 5.41) is 7.60. The second kappa shape index (κ2) is 10.7. The van der Waals surface area contributed by atoms with Crippen molar-refractivity contribution >= 4 is 81.4 Å². The van der Waals surface area contributed by atoms with E-state index in [0.29, 0.717) is 0 Å². The molecule has 0 saturated carbocycles. The maximum atomic E-state index is 9.25. The first-order valence-corrected chi connectivity index (χ1v) is 1.12. The van der Waals surface area contributed by atoms with Gasteiger partial charge in [0, 0.05) is 6.08 Å². The fourth-order valence-corrected chi connectivity index (χ4v) is 0. The Hall–Kier alpha value is 1.73. The summed E-state index contributed by atoms with van der Waals surface area (Å²) in [5.41, 5.74) is 0. The van der Waals surface area contributed by atoms with E-state index in [1.54, 1.807) is 0 Å². The maximum Gasteiger partial charge on any atom is 2.00 e. The van der Waals surface area contributed by atoms with Crippen molar-refractivity contribution in [3.63, 3.8) is 0 Å². The van der Waals surface area contributed by atoms with Gasteiger partial charge in [-0.3, -0.25) is 0 Å². The quantitative estimate of drug-likeness (QED) is 0.427. The van der Waals surface area contributed by atoms with E-state index in [0.717, 1.165) is 6.08 Å². The van der Waals surface area contributed by atoms with Gasteiger partial charge in [-0.25, -0.2) is 4.79 Å². The Labute approximate surface area is 108 Å². The third kappa shape index (κ3) is 18.2. The van der Waals surface area contributed by atoms with Crippen molar-refractivity contribution in [1.29, 1.82) is 0 Å². The summed E-state index contributed by atoms with van der Waals surface area (Å²) in [7, 11) is 0. The normalized spacial score (nSPS) is 4.57. The van der Waals surface area contributed by atoms with Crippen LogP contribution in [-0.4, -0.2) is 86.6 Å². The zero-order chi connectivity index (χ0) is 4.28. The molecule has 0 atom stereocenters. The molecule has 0 unspecified atom stereocenters. The second-order valence-electron chi connectivity index (χ2n) is 0.542. The number of carboxylic acids is 1. The molecule has 0 saturated heterocycles. The fraction of sp³-hybridized carbons (Fsp3) is 0. The molecule has 36 valence electrons. The van der Waals surface area contributed by atoms with E-state index in [1.165, 1.54) is 0 Å². The van der Waals surface area contributed by atoms with Crippen LogP contribution in [0, 0.1) is 0 Å². The van der Waals surface area contributed by atoms with Crippen molar-refractivity contribution in [2.45, 2.75) is 0 Å². The topological polar surface area (TPSA) is 37.3 Å². The van der Waals surface area contributed by atoms with Gasteiger partial charge in [0.2, 0.25) is 0 Å². The monoisotopic (exact) mass is 156 g/mol. The van der Waals surface area contributed by atoms with E-state index in [2.05, 4.69) is 6.58 Å². The summed E-state index contributed by atoms with van der Waals surface area (Å²) in [6.07, 6.45) is 0.833. The Kier molecular flexibility index (Phi) is 24.2. The Bertz CT molecular complexity index is 72.4. The zero-order valence-electron chi connectivity index (χ0n) is 8.05. The van der Waals surface area contributed by atoms with Crippen LogP contribution in [0.5, 0.6) is 0 Å². The molecule has 0 spiro atoms. The van der Waals surface area contributed by atoms with Crippen LogP contribution in [0.3, 0.4) is 0 Å². The van der Waals surface area contributed by atoms with Gasteiger partial charge in [-0.15, -0.1) is 0 Å². The van der Waals surface area contributed by atoms with E-state index >= 15 is 0 Å². The molecular formula is C3H8Ca2O2. The van der Waals surface area contributed by atoms with Crippen LogP contribution >= 0.6 is 0 Å². The molecule has 1 N–H and O–H groups in total. The number of rotatable bonds is 1. The van der Waals surface area contributed by atoms with Gasteiger partial charge in [0.25, 0.3) is 0 Å². The molecule has 0 fully saturated rings. The summed E-state index contributed by atoms with van der Waals surface area (Å²) in [5.74, 6) is -0.981. The Morgan fingerprint density at radius 1 is 1.71 bits per heavy atom. The number of hydrogen-bond donors (Lipinski definition) is 1. The van der Waals surface area contributed by atoms with Crippen molar-refractivity contribution in [2.75, 3.05) is 0 Å². The average Bonchev–Trinajstić information content (AvgIpc) is 1.38. The summed E-state index contributed by atoms with van der Waals surface area (Å²) in [6.45, 7) is 2.96. The van der Waals surface area contributed by atoms with Crippen molar-refractivity contribution in [3.8, 4) is 0 Å². The molecule has 0 aromatic heterocycles. The number of hydrogen-bond acceptors (Lipinski definition) is 1. The standard InChI is InChI=1S/C3H4O2.2Ca.4H/c1-2-3(4)5;;;;;;/h2H,1H2,(H,4,5);;;;;;/q;2*+2;4*-1. The van der Waals surface area contributed by atoms with E-state index < -0.39 is 5.97 Å². The first kappa shape index (κ1) is 15.9. The predicted octanol–water partition coefficient (Wildman–Crippen LogP) is -0.0546. The Morgan fingerprint density at radius 3 is 1.86 bits per heavy atom. The second-order valence-corrected chi connectivity index (χ2v) is 0.542. The smallest absolute Gasteiger partial charge is 1.00 e. The fourth-order valence-electron chi connectivity index (χ4n) is 0. The maximum absolute atomic E-state index is 9.25. The van der Waals surface area contributed by atoms with Crippen molar-refractivity contribution in [2.24, 2.45) is 0 Å². The van der Waals surface area contributed by atoms with Gasteiger partial charge in [-0.05, 0) is 0 Å². The molecular weight excluding hydrogens is 148 g/mol. The van der Waals surface area contributed by atoms with Crippen LogP contribution < -0.4 is 0 Å². The SMILES string of the molecule is C=CC(=O)O.[Ca+2].[Ca+2].[H-].[H-].[H-].[H-]. The molecule has 0 aliphatic carbocycles. The van der Waals surface area contributed by atoms with Gasteiger partial charge in [0.15, 0.2) is 0 Å². The first-order valence-electron chi connectivity index (χ1n) is 1.12. The van der Waals surface area contributed by atoms with Crippen molar-refractivity contribution < 1.29 is 15.6 Å². The minimum absolute atomic E-state index is 0. The van der Waals surface area contributed by atoms with Crippen LogP contribution in [0.25, 0.3) is 0 Å². The summed E-state index contributed by atoms with van der Waals surface area (Å²) in [6, 6.07) is 0. The van der Waals surface area contributed by atoms with Crippen LogP contribution in [0.1, 0.15) is 5.71 Å². The summed E-state index contributed by atoms with van der Waals surface area (Å²) in [4.78, 5) is 9.25. The molecule has 0 aliphatic rings. The average molecular weight is 156 g/mol. The third-order valence-electron chi connectivity index (χ3n) is 0.175. The van der Waals surface area contributed by atoms with E-state index in [1.807, 2.05) is 0 Å². The molecule has 0 heterocycles. The Morgan fingerprint density at radius 2 is 1.86 bits per heavy atom. The van der Waals surface area contributed by atoms with Gasteiger partial charge in [-0.1, -0.05) is 6.58 Å². The van der Waals surface area contributed by atoms with Crippen LogP contribution in [0.4, 0.5) is 0 Å². The van der Waals surface area contributed by atoms with E-state index in [-0.39, 0.29) is 81.2 Å². The van der Waals surface area contributed by atoms with Crippen LogP contribution in [-0.2, 0) is 4.79 Å². The number of carboxylic acid groups (broad SMARTS) is 1. The molecule has 0 rings (SSSR count). The molecule has 0 aromatic carbocycles. The van der Waals surface area contributed by atoms with Crippen LogP contribution in [0.2, 0.25) is 0 Å². The molecule has 0 amide bonds. The van der Waals surface area contributed by atoms with E-state index in [9.17, 15) is 4.79 Å². The number of carbonyl (C=O) groups is 1. The van der Waals surface area contributed by atoms with Crippen LogP contribution in [0.15, 0.2) is 12.7 Å². The van der Waals surface area contributed by atoms with Crippen molar-refractivity contribution in [1.82, 2.24) is 0 Å². The van der Waals surface area contributed by atoms with Gasteiger partial charge < -0.3 is 10.8 Å². The molecule has 0 aliphatic heterocycles. The van der Waals surface area contributed by atoms with Gasteiger partial charge in [-0.2, -0.15) is 0 Å². The first-order chi connectivity index (χ1) is 2.27. The summed E-state index contributed by atoms with van der Waals surface area (Å²) < 4.78 is 0. The minimum atomic E-state index is -0.981. The molecule has 0 radical (unpaired) electrons. The van der Waals surface area contributed by atoms with Gasteiger partial charge in [0.05, 0.1) is 0 Å². The largest absolute Gasteiger partial charge is 2.00 e. The molecule has 2 nitrogen and oxygen atoms in total. The molecule has 0 aromatic rings. The Balaban J connectivity index is -0.00000000533. The molecule has 7 heavy (non-hydrogen) atoms. The number of aliphatic carboxylic acids is 1. The van der Waals surface area contributed by atoms with Gasteiger partial charge in [0.1, 0.15) is 0 Å². The zero-order valence-corrected chi connectivity index (χ0v) is 8.47. The molecule has 0 bridgehead atoms. The van der Waals surface area contributed by atoms with Gasteiger partial charge >= 0.3 is 81.4 Å². The predicted molar refractivity (Wildman–Crippen MR) is 33.8 cm³/mol. The third-order valence-corrected chi connectivity index (χ3v) is 0.175. The molecule has 4 heteroatoms. The van der Waals surface area contributed by atoms with Crippen molar-refractivity contribution in [3.05, 3.63) is 12.7 Å². The summed E-state index contributed by atoms with van der Waals surface area (Å²) >= 11 is 0. The van der Waals surface area contributed by atoms with E-state index in [4.69, 9.17) is 5.11 Å².